The Morgan fingerprint density at radius 3 is 2.73 bits per heavy atom. The van der Waals surface area contributed by atoms with E-state index in [-0.39, 0.29) is 12.3 Å². The van der Waals surface area contributed by atoms with Crippen LogP contribution in [-0.2, 0) is 9.59 Å². The average Bonchev–Trinajstić information content (AvgIpc) is 2.46. The Kier molecular flexibility index (Phi) is 5.37. The normalized spacial score (nSPS) is 25.5. The van der Waals surface area contributed by atoms with Crippen LogP contribution in [-0.4, -0.2) is 23.2 Å². The van der Waals surface area contributed by atoms with E-state index in [1.165, 1.54) is 12.0 Å². The van der Waals surface area contributed by atoms with Gasteiger partial charge in [-0.15, -0.1) is 0 Å². The molecule has 1 amide bonds. The highest BCUT2D eigenvalue weighted by molar-refractivity contribution is 5.83. The van der Waals surface area contributed by atoms with Gasteiger partial charge in [-0.3, -0.25) is 9.59 Å². The zero-order chi connectivity index (χ0) is 16.2. The maximum Gasteiger partial charge on any atom is 0.303 e. The summed E-state index contributed by atoms with van der Waals surface area (Å²) in [6.45, 7) is 4.62. The Morgan fingerprint density at radius 2 is 2.09 bits per heavy atom. The van der Waals surface area contributed by atoms with Crippen molar-refractivity contribution in [2.75, 3.05) is 0 Å². The molecule has 3 aliphatic carbocycles. The van der Waals surface area contributed by atoms with E-state index in [0.29, 0.717) is 30.6 Å². The minimum Gasteiger partial charge on any atom is -0.481 e. The van der Waals surface area contributed by atoms with Crippen molar-refractivity contribution in [3.63, 3.8) is 0 Å². The van der Waals surface area contributed by atoms with Gasteiger partial charge in [-0.1, -0.05) is 26.3 Å². The number of carbonyl (C=O) groups excluding carboxylic acids is 1. The number of rotatable bonds is 8. The van der Waals surface area contributed by atoms with Gasteiger partial charge in [0, 0.05) is 12.8 Å². The van der Waals surface area contributed by atoms with Crippen molar-refractivity contribution in [2.24, 2.45) is 22.4 Å². The van der Waals surface area contributed by atoms with Crippen molar-refractivity contribution < 1.29 is 14.7 Å². The molecule has 3 rings (SSSR count). The minimum absolute atomic E-state index is 0.103. The van der Waals surface area contributed by atoms with Crippen LogP contribution in [0.25, 0.3) is 0 Å². The summed E-state index contributed by atoms with van der Waals surface area (Å²) in [6.07, 6.45) is 9.04. The molecule has 2 atom stereocenters. The van der Waals surface area contributed by atoms with Gasteiger partial charge in [-0.25, -0.2) is 5.43 Å². The lowest BCUT2D eigenvalue weighted by atomic mass is 9.49. The van der Waals surface area contributed by atoms with Crippen LogP contribution in [0.1, 0.15) is 58.8 Å². The largest absolute Gasteiger partial charge is 0.481 e. The molecule has 0 saturated heterocycles. The molecule has 3 aliphatic rings. The summed E-state index contributed by atoms with van der Waals surface area (Å²) in [7, 11) is 0. The average molecular weight is 306 g/mol. The molecule has 0 aliphatic heterocycles. The second-order valence-electron chi connectivity index (χ2n) is 6.99. The number of allylic oxidation sites excluding steroid dienone is 2. The van der Waals surface area contributed by atoms with Gasteiger partial charge in [0.15, 0.2) is 0 Å². The number of nitrogens with zero attached hydrogens (tertiary/aromatic N) is 1. The third-order valence-electron chi connectivity index (χ3n) is 5.21. The molecule has 2 bridgehead atoms. The fourth-order valence-corrected chi connectivity index (χ4v) is 3.52. The molecule has 0 unspecified atom stereocenters. The van der Waals surface area contributed by atoms with E-state index < -0.39 is 5.97 Å². The first-order valence-corrected chi connectivity index (χ1v) is 8.15. The monoisotopic (exact) mass is 306 g/mol. The molecule has 122 valence electrons. The summed E-state index contributed by atoms with van der Waals surface area (Å²) in [5.41, 5.74) is 4.18. The van der Waals surface area contributed by atoms with Crippen LogP contribution in [0.4, 0.5) is 0 Å². The summed E-state index contributed by atoms with van der Waals surface area (Å²) < 4.78 is 0. The molecule has 1 fully saturated rings. The number of fused-ring (bicyclic) bond motifs is 1. The van der Waals surface area contributed by atoms with Gasteiger partial charge in [0.05, 0.1) is 6.21 Å². The van der Waals surface area contributed by atoms with Crippen LogP contribution in [0.2, 0.25) is 0 Å². The van der Waals surface area contributed by atoms with Crippen molar-refractivity contribution in [3.8, 4) is 0 Å². The van der Waals surface area contributed by atoms with Gasteiger partial charge in [0.2, 0.25) is 5.91 Å². The zero-order valence-corrected chi connectivity index (χ0v) is 13.5. The number of carboxylic acid groups (broad SMARTS) is 1. The van der Waals surface area contributed by atoms with Crippen molar-refractivity contribution in [1.29, 1.82) is 0 Å². The van der Waals surface area contributed by atoms with Gasteiger partial charge in [-0.2, -0.15) is 5.10 Å². The number of aliphatic carboxylic acids is 1. The Hall–Kier alpha value is -1.65. The Balaban J connectivity index is 1.64. The molecule has 5 nitrogen and oxygen atoms in total. The van der Waals surface area contributed by atoms with Gasteiger partial charge in [-0.05, 0) is 48.5 Å². The maximum atomic E-state index is 11.6. The summed E-state index contributed by atoms with van der Waals surface area (Å²) in [5.74, 6) is 0.489. The van der Waals surface area contributed by atoms with Crippen molar-refractivity contribution in [3.05, 3.63) is 11.6 Å². The molecule has 0 aromatic rings. The third kappa shape index (κ3) is 3.96. The van der Waals surface area contributed by atoms with E-state index in [1.807, 2.05) is 0 Å². The van der Waals surface area contributed by atoms with Crippen molar-refractivity contribution in [2.45, 2.75) is 58.8 Å². The maximum absolute atomic E-state index is 11.6. The topological polar surface area (TPSA) is 78.8 Å². The second kappa shape index (κ2) is 7.07. The van der Waals surface area contributed by atoms with E-state index in [0.717, 1.165) is 18.8 Å². The summed E-state index contributed by atoms with van der Waals surface area (Å²) in [6, 6.07) is 0. The van der Waals surface area contributed by atoms with Gasteiger partial charge < -0.3 is 5.11 Å². The molecular formula is C17H26N2O3. The summed E-state index contributed by atoms with van der Waals surface area (Å²) in [5, 5.41) is 12.6. The quantitative estimate of drug-likeness (QED) is 0.411. The standard InChI is InChI=1S/C17H26N2O3/c1-17(2)13-9-8-12(14(17)10-13)11-18-19-15(20)6-4-3-5-7-16(21)22/h8,11,13-14H,3-7,9-10H2,1-2H3,(H,19,20)(H,21,22)/b18-11+/t13-,14-/m0/s1. The first kappa shape index (κ1) is 16.7. The molecule has 1 saturated carbocycles. The molecule has 0 aromatic heterocycles. The number of hydrogen-bond donors (Lipinski definition) is 2. The fraction of sp³-hybridized carbons (Fsp3) is 0.706. The predicted molar refractivity (Wildman–Crippen MR) is 85.4 cm³/mol. The SMILES string of the molecule is CC1(C)[C@H]2CC=C(/C=N/NC(=O)CCCCCC(=O)O)[C@@H]1C2. The fourth-order valence-electron chi connectivity index (χ4n) is 3.52. The number of amides is 1. The number of carbonyl (C=O) groups is 2. The molecule has 0 heterocycles. The number of nitrogens with one attached hydrogen (secondary N) is 1. The van der Waals surface area contributed by atoms with Crippen LogP contribution < -0.4 is 5.43 Å². The van der Waals surface area contributed by atoms with Crippen LogP contribution in [0.5, 0.6) is 0 Å². The van der Waals surface area contributed by atoms with Crippen LogP contribution in [0.3, 0.4) is 0 Å². The second-order valence-corrected chi connectivity index (χ2v) is 6.99. The van der Waals surface area contributed by atoms with Crippen LogP contribution >= 0.6 is 0 Å². The first-order chi connectivity index (χ1) is 10.4. The van der Waals surface area contributed by atoms with Crippen LogP contribution in [0.15, 0.2) is 16.8 Å². The number of unbranched alkanes of at least 4 members (excludes halogenated alkanes) is 2. The Labute approximate surface area is 131 Å². The lowest BCUT2D eigenvalue weighted by molar-refractivity contribution is -0.137. The van der Waals surface area contributed by atoms with Gasteiger partial charge in [0.1, 0.15) is 0 Å². The summed E-state index contributed by atoms with van der Waals surface area (Å²) >= 11 is 0. The Morgan fingerprint density at radius 1 is 1.36 bits per heavy atom. The van der Waals surface area contributed by atoms with Gasteiger partial charge in [0.25, 0.3) is 0 Å². The number of hydrazone groups is 1. The minimum atomic E-state index is -0.782. The van der Waals surface area contributed by atoms with Crippen LogP contribution in [0, 0.1) is 17.3 Å². The molecule has 5 heteroatoms. The lowest BCUT2D eigenvalue weighted by Gasteiger charge is -2.55. The van der Waals surface area contributed by atoms with Gasteiger partial charge >= 0.3 is 5.97 Å². The molecule has 22 heavy (non-hydrogen) atoms. The number of carboxylic acids is 1. The highest BCUT2D eigenvalue weighted by Gasteiger charge is 2.50. The lowest BCUT2D eigenvalue weighted by Crippen LogP contribution is -2.48. The highest BCUT2D eigenvalue weighted by atomic mass is 16.4. The summed E-state index contributed by atoms with van der Waals surface area (Å²) in [4.78, 5) is 22.0. The predicted octanol–water partition coefficient (Wildman–Crippen LogP) is 3.12. The van der Waals surface area contributed by atoms with E-state index in [1.54, 1.807) is 6.21 Å². The molecule has 0 aromatic carbocycles. The van der Waals surface area contributed by atoms with E-state index in [2.05, 4.69) is 30.5 Å². The molecular weight excluding hydrogens is 280 g/mol. The smallest absolute Gasteiger partial charge is 0.303 e. The van der Waals surface area contributed by atoms with Crippen molar-refractivity contribution in [1.82, 2.24) is 5.43 Å². The molecule has 0 spiro atoms. The highest BCUT2D eigenvalue weighted by Crippen LogP contribution is 2.58. The molecule has 0 radical (unpaired) electrons. The Bertz CT molecular complexity index is 494. The molecule has 2 N–H and O–H groups in total. The first-order valence-electron chi connectivity index (χ1n) is 8.15. The zero-order valence-electron chi connectivity index (χ0n) is 13.5. The van der Waals surface area contributed by atoms with Crippen molar-refractivity contribution >= 4 is 18.1 Å². The number of hydrogen-bond acceptors (Lipinski definition) is 3. The van der Waals surface area contributed by atoms with E-state index in [4.69, 9.17) is 5.11 Å². The van der Waals surface area contributed by atoms with E-state index in [9.17, 15) is 9.59 Å². The van der Waals surface area contributed by atoms with E-state index >= 15 is 0 Å². The third-order valence-corrected chi connectivity index (χ3v) is 5.21.